The minimum absolute atomic E-state index is 0.136. The van der Waals surface area contributed by atoms with Crippen molar-refractivity contribution in [3.05, 3.63) is 32.1 Å². The van der Waals surface area contributed by atoms with E-state index < -0.39 is 11.2 Å². The zero-order valence-corrected chi connectivity index (χ0v) is 6.29. The number of aromatic amines is 2. The molecule has 6 nitrogen and oxygen atoms in total. The van der Waals surface area contributed by atoms with Gasteiger partial charge in [0, 0.05) is 5.69 Å². The van der Waals surface area contributed by atoms with E-state index in [1.165, 1.54) is 6.92 Å². The number of aryl methyl sites for hydroxylation is 1. The number of nitrogens with one attached hydrogen (secondary N) is 2. The van der Waals surface area contributed by atoms with Crippen molar-refractivity contribution in [1.82, 2.24) is 9.97 Å². The molecule has 0 aliphatic heterocycles. The minimum atomic E-state index is -0.576. The van der Waals surface area contributed by atoms with E-state index in [0.717, 1.165) is 6.21 Å². The summed E-state index contributed by atoms with van der Waals surface area (Å²) >= 11 is 0. The van der Waals surface area contributed by atoms with Crippen molar-refractivity contribution < 1.29 is 5.21 Å². The maximum atomic E-state index is 11.0. The predicted molar refractivity (Wildman–Crippen MR) is 41.8 cm³/mol. The summed E-state index contributed by atoms with van der Waals surface area (Å²) in [4.78, 5) is 26.0. The van der Waals surface area contributed by atoms with Crippen LogP contribution in [-0.2, 0) is 0 Å². The van der Waals surface area contributed by atoms with Crippen LogP contribution in [0.1, 0.15) is 11.3 Å². The van der Waals surface area contributed by atoms with Gasteiger partial charge in [-0.25, -0.2) is 4.79 Å². The van der Waals surface area contributed by atoms with Crippen LogP contribution < -0.4 is 11.2 Å². The molecular weight excluding hydrogens is 162 g/mol. The zero-order chi connectivity index (χ0) is 9.14. The van der Waals surface area contributed by atoms with E-state index >= 15 is 0 Å². The number of oxime groups is 1. The van der Waals surface area contributed by atoms with Crippen LogP contribution in [0.2, 0.25) is 0 Å². The SMILES string of the molecule is Cc1[nH]c(=O)[nH]c(=O)c1/C=N\O. The van der Waals surface area contributed by atoms with Crippen LogP contribution in [0.3, 0.4) is 0 Å². The Morgan fingerprint density at radius 3 is 2.58 bits per heavy atom. The highest BCUT2D eigenvalue weighted by atomic mass is 16.4. The maximum absolute atomic E-state index is 11.0. The standard InChI is InChI=1S/C6H7N3O3/c1-3-4(2-7-12)5(10)9-6(11)8-3/h2,12H,1H3,(H2,8,9,10,11)/b7-2-. The summed E-state index contributed by atoms with van der Waals surface area (Å²) in [7, 11) is 0. The van der Waals surface area contributed by atoms with Crippen molar-refractivity contribution >= 4 is 6.21 Å². The molecule has 1 heterocycles. The molecule has 0 bridgehead atoms. The molecule has 0 spiro atoms. The van der Waals surface area contributed by atoms with E-state index in [1.807, 2.05) is 4.98 Å². The fourth-order valence-corrected chi connectivity index (χ4v) is 0.823. The van der Waals surface area contributed by atoms with Gasteiger partial charge in [-0.2, -0.15) is 0 Å². The summed E-state index contributed by atoms with van der Waals surface area (Å²) in [6.45, 7) is 1.54. The predicted octanol–water partition coefficient (Wildman–Crippen LogP) is -0.820. The molecule has 12 heavy (non-hydrogen) atoms. The second-order valence-electron chi connectivity index (χ2n) is 2.19. The molecule has 0 unspecified atom stereocenters. The van der Waals surface area contributed by atoms with E-state index in [1.54, 1.807) is 0 Å². The first-order valence-corrected chi connectivity index (χ1v) is 3.16. The summed E-state index contributed by atoms with van der Waals surface area (Å²) in [5.74, 6) is 0. The second-order valence-corrected chi connectivity index (χ2v) is 2.19. The van der Waals surface area contributed by atoms with Gasteiger partial charge in [0.2, 0.25) is 0 Å². The third-order valence-electron chi connectivity index (χ3n) is 1.36. The molecule has 3 N–H and O–H groups in total. The second kappa shape index (κ2) is 3.04. The van der Waals surface area contributed by atoms with Gasteiger partial charge in [-0.1, -0.05) is 5.16 Å². The molecule has 1 aromatic rings. The lowest BCUT2D eigenvalue weighted by Crippen LogP contribution is -2.26. The Hall–Kier alpha value is -1.85. The first-order chi connectivity index (χ1) is 5.65. The summed E-state index contributed by atoms with van der Waals surface area (Å²) in [6, 6.07) is 0. The molecule has 0 fully saturated rings. The first kappa shape index (κ1) is 8.25. The molecular formula is C6H7N3O3. The van der Waals surface area contributed by atoms with Crippen LogP contribution >= 0.6 is 0 Å². The lowest BCUT2D eigenvalue weighted by Gasteiger charge is -1.94. The van der Waals surface area contributed by atoms with Crippen molar-refractivity contribution in [3.63, 3.8) is 0 Å². The average Bonchev–Trinajstić information content (AvgIpc) is 1.96. The van der Waals surface area contributed by atoms with Crippen LogP contribution in [0.4, 0.5) is 0 Å². The van der Waals surface area contributed by atoms with Crippen LogP contribution in [0.25, 0.3) is 0 Å². The van der Waals surface area contributed by atoms with E-state index in [2.05, 4.69) is 10.1 Å². The van der Waals surface area contributed by atoms with Crippen molar-refractivity contribution in [1.29, 1.82) is 0 Å². The van der Waals surface area contributed by atoms with Gasteiger partial charge in [-0.15, -0.1) is 0 Å². The monoisotopic (exact) mass is 169 g/mol. The summed E-state index contributed by atoms with van der Waals surface area (Å²) in [5, 5.41) is 10.9. The van der Waals surface area contributed by atoms with Gasteiger partial charge in [-0.3, -0.25) is 9.78 Å². The highest BCUT2D eigenvalue weighted by Crippen LogP contribution is 1.88. The average molecular weight is 169 g/mol. The number of hydrogen-bond acceptors (Lipinski definition) is 4. The van der Waals surface area contributed by atoms with Crippen molar-refractivity contribution in [2.45, 2.75) is 6.92 Å². The van der Waals surface area contributed by atoms with Crippen molar-refractivity contribution in [3.8, 4) is 0 Å². The van der Waals surface area contributed by atoms with Crippen LogP contribution in [0.15, 0.2) is 14.7 Å². The lowest BCUT2D eigenvalue weighted by molar-refractivity contribution is 0.321. The van der Waals surface area contributed by atoms with Gasteiger partial charge in [0.15, 0.2) is 0 Å². The molecule has 0 amide bonds. The number of hydrogen-bond donors (Lipinski definition) is 3. The molecule has 64 valence electrons. The number of aromatic nitrogens is 2. The number of nitrogens with zero attached hydrogens (tertiary/aromatic N) is 1. The lowest BCUT2D eigenvalue weighted by atomic mass is 10.3. The number of H-pyrrole nitrogens is 2. The van der Waals surface area contributed by atoms with Gasteiger partial charge >= 0.3 is 5.69 Å². The van der Waals surface area contributed by atoms with Crippen molar-refractivity contribution in [2.75, 3.05) is 0 Å². The first-order valence-electron chi connectivity index (χ1n) is 3.16. The third kappa shape index (κ3) is 1.42. The number of rotatable bonds is 1. The van der Waals surface area contributed by atoms with E-state index in [9.17, 15) is 9.59 Å². The Kier molecular flexibility index (Phi) is 2.09. The Labute approximate surface area is 66.6 Å². The van der Waals surface area contributed by atoms with Crippen LogP contribution in [0.5, 0.6) is 0 Å². The van der Waals surface area contributed by atoms with Gasteiger partial charge in [0.05, 0.1) is 11.8 Å². The van der Waals surface area contributed by atoms with Gasteiger partial charge in [0.25, 0.3) is 5.56 Å². The van der Waals surface area contributed by atoms with E-state index in [0.29, 0.717) is 5.69 Å². The fraction of sp³-hybridized carbons (Fsp3) is 0.167. The molecule has 1 aromatic heterocycles. The van der Waals surface area contributed by atoms with Gasteiger partial charge in [0.1, 0.15) is 0 Å². The molecule has 0 radical (unpaired) electrons. The molecule has 0 saturated carbocycles. The Morgan fingerprint density at radius 1 is 1.42 bits per heavy atom. The quantitative estimate of drug-likeness (QED) is 0.291. The summed E-state index contributed by atoms with van der Waals surface area (Å²) in [6.07, 6.45) is 0.962. The normalized spacial score (nSPS) is 10.8. The third-order valence-corrected chi connectivity index (χ3v) is 1.36. The summed E-state index contributed by atoms with van der Waals surface area (Å²) in [5.41, 5.74) is -0.653. The maximum Gasteiger partial charge on any atom is 0.325 e. The molecule has 0 aliphatic carbocycles. The van der Waals surface area contributed by atoms with Gasteiger partial charge < -0.3 is 10.2 Å². The molecule has 0 aliphatic rings. The minimum Gasteiger partial charge on any atom is -0.411 e. The van der Waals surface area contributed by atoms with Crippen LogP contribution in [-0.4, -0.2) is 21.4 Å². The Balaban J connectivity index is 3.49. The molecule has 0 atom stereocenters. The fourth-order valence-electron chi connectivity index (χ4n) is 0.823. The van der Waals surface area contributed by atoms with E-state index in [4.69, 9.17) is 5.21 Å². The molecule has 0 aromatic carbocycles. The molecule has 0 saturated heterocycles. The molecule has 1 rings (SSSR count). The van der Waals surface area contributed by atoms with E-state index in [-0.39, 0.29) is 5.56 Å². The Bertz CT molecular complexity index is 415. The zero-order valence-electron chi connectivity index (χ0n) is 6.29. The van der Waals surface area contributed by atoms with Crippen LogP contribution in [0, 0.1) is 6.92 Å². The highest BCUT2D eigenvalue weighted by Gasteiger charge is 2.01. The topological polar surface area (TPSA) is 98.3 Å². The largest absolute Gasteiger partial charge is 0.411 e. The Morgan fingerprint density at radius 2 is 2.08 bits per heavy atom. The smallest absolute Gasteiger partial charge is 0.325 e. The van der Waals surface area contributed by atoms with Crippen molar-refractivity contribution in [2.24, 2.45) is 5.16 Å². The van der Waals surface area contributed by atoms with Gasteiger partial charge in [-0.05, 0) is 6.92 Å². The molecule has 6 heteroatoms. The highest BCUT2D eigenvalue weighted by molar-refractivity contribution is 5.79. The summed E-state index contributed by atoms with van der Waals surface area (Å²) < 4.78 is 0.